The van der Waals surface area contributed by atoms with Crippen LogP contribution in [0.2, 0.25) is 0 Å². The number of halogens is 2. The summed E-state index contributed by atoms with van der Waals surface area (Å²) in [5.41, 5.74) is 0.519. The number of nitrogens with one attached hydrogen (secondary N) is 2. The number of hydrogen-bond donors (Lipinski definition) is 2. The molecular formula is C10H12F2N2OS. The van der Waals surface area contributed by atoms with E-state index in [9.17, 15) is 13.6 Å². The first-order valence-electron chi connectivity index (χ1n) is 4.61. The lowest BCUT2D eigenvalue weighted by Gasteiger charge is -2.06. The molecule has 6 heteroatoms. The molecule has 0 saturated carbocycles. The molecule has 2 N–H and O–H groups in total. The zero-order chi connectivity index (χ0) is 12.0. The SMILES string of the molecule is CNCC(=O)Nc1cccc(SC(F)F)c1. The molecule has 16 heavy (non-hydrogen) atoms. The molecule has 0 heterocycles. The third-order valence-electron chi connectivity index (χ3n) is 1.68. The molecule has 0 fully saturated rings. The van der Waals surface area contributed by atoms with Gasteiger partial charge in [-0.05, 0) is 25.2 Å². The highest BCUT2D eigenvalue weighted by atomic mass is 32.2. The van der Waals surface area contributed by atoms with Crippen molar-refractivity contribution in [2.75, 3.05) is 18.9 Å². The molecular weight excluding hydrogens is 234 g/mol. The highest BCUT2D eigenvalue weighted by Gasteiger charge is 2.06. The second-order valence-electron chi connectivity index (χ2n) is 2.98. The lowest BCUT2D eigenvalue weighted by atomic mass is 10.3. The van der Waals surface area contributed by atoms with Gasteiger partial charge in [-0.15, -0.1) is 0 Å². The highest BCUT2D eigenvalue weighted by molar-refractivity contribution is 7.99. The minimum atomic E-state index is -2.46. The molecule has 0 aromatic heterocycles. The molecule has 0 aliphatic heterocycles. The van der Waals surface area contributed by atoms with E-state index in [2.05, 4.69) is 10.6 Å². The molecule has 1 rings (SSSR count). The van der Waals surface area contributed by atoms with E-state index in [4.69, 9.17) is 0 Å². The third kappa shape index (κ3) is 4.59. The summed E-state index contributed by atoms with van der Waals surface area (Å²) >= 11 is 0.453. The van der Waals surface area contributed by atoms with Crippen molar-refractivity contribution < 1.29 is 13.6 Å². The lowest BCUT2D eigenvalue weighted by molar-refractivity contribution is -0.115. The molecule has 1 aromatic carbocycles. The van der Waals surface area contributed by atoms with Gasteiger partial charge in [-0.3, -0.25) is 4.79 Å². The normalized spacial score (nSPS) is 10.5. The van der Waals surface area contributed by atoms with Crippen molar-refractivity contribution >= 4 is 23.4 Å². The van der Waals surface area contributed by atoms with E-state index in [1.165, 1.54) is 6.07 Å². The molecule has 0 saturated heterocycles. The van der Waals surface area contributed by atoms with Crippen LogP contribution in [0, 0.1) is 0 Å². The van der Waals surface area contributed by atoms with Crippen molar-refractivity contribution in [2.24, 2.45) is 0 Å². The Bertz CT molecular complexity index is 360. The van der Waals surface area contributed by atoms with Crippen LogP contribution in [0.15, 0.2) is 29.2 Å². The number of likely N-dealkylation sites (N-methyl/N-ethyl adjacent to an activating group) is 1. The Balaban J connectivity index is 2.63. The van der Waals surface area contributed by atoms with Crippen molar-refractivity contribution in [3.63, 3.8) is 0 Å². The second kappa shape index (κ2) is 6.44. The zero-order valence-corrected chi connectivity index (χ0v) is 9.48. The van der Waals surface area contributed by atoms with Gasteiger partial charge in [-0.2, -0.15) is 8.78 Å². The van der Waals surface area contributed by atoms with E-state index >= 15 is 0 Å². The van der Waals surface area contributed by atoms with E-state index in [-0.39, 0.29) is 12.5 Å². The maximum Gasteiger partial charge on any atom is 0.288 e. The van der Waals surface area contributed by atoms with Crippen LogP contribution < -0.4 is 10.6 Å². The number of rotatable bonds is 5. The van der Waals surface area contributed by atoms with E-state index < -0.39 is 5.76 Å². The third-order valence-corrected chi connectivity index (χ3v) is 2.38. The summed E-state index contributed by atoms with van der Waals surface area (Å²) in [7, 11) is 1.66. The Kier molecular flexibility index (Phi) is 5.21. The molecule has 0 radical (unpaired) electrons. The van der Waals surface area contributed by atoms with Crippen LogP contribution in [0.4, 0.5) is 14.5 Å². The van der Waals surface area contributed by atoms with Gasteiger partial charge in [0.25, 0.3) is 5.76 Å². The Hall–Kier alpha value is -1.14. The number of benzene rings is 1. The monoisotopic (exact) mass is 246 g/mol. The van der Waals surface area contributed by atoms with Gasteiger partial charge >= 0.3 is 0 Å². The number of carbonyl (C=O) groups is 1. The van der Waals surface area contributed by atoms with Crippen molar-refractivity contribution in [2.45, 2.75) is 10.7 Å². The number of anilines is 1. The Morgan fingerprint density at radius 2 is 2.25 bits per heavy atom. The summed E-state index contributed by atoms with van der Waals surface area (Å²) < 4.78 is 24.2. The smallest absolute Gasteiger partial charge is 0.288 e. The molecule has 0 atom stereocenters. The molecule has 3 nitrogen and oxygen atoms in total. The minimum absolute atomic E-state index is 0.187. The van der Waals surface area contributed by atoms with Crippen LogP contribution >= 0.6 is 11.8 Å². The maximum absolute atomic E-state index is 12.1. The van der Waals surface area contributed by atoms with Gasteiger partial charge in [0.2, 0.25) is 5.91 Å². The van der Waals surface area contributed by atoms with Gasteiger partial charge in [0.15, 0.2) is 0 Å². The molecule has 0 bridgehead atoms. The molecule has 0 unspecified atom stereocenters. The standard InChI is InChI=1S/C10H12F2N2OS/c1-13-6-9(15)14-7-3-2-4-8(5-7)16-10(11)12/h2-5,10,13H,6H2,1H3,(H,14,15). The Labute approximate surface area is 96.6 Å². The number of carbonyl (C=O) groups excluding carboxylic acids is 1. The van der Waals surface area contributed by atoms with E-state index in [0.29, 0.717) is 22.3 Å². The van der Waals surface area contributed by atoms with Crippen LogP contribution in [0.25, 0.3) is 0 Å². The molecule has 1 amide bonds. The average Bonchev–Trinajstić information content (AvgIpc) is 2.17. The van der Waals surface area contributed by atoms with Gasteiger partial charge < -0.3 is 10.6 Å². The Morgan fingerprint density at radius 1 is 1.50 bits per heavy atom. The van der Waals surface area contributed by atoms with Gasteiger partial charge in [-0.25, -0.2) is 0 Å². The summed E-state index contributed by atoms with van der Waals surface area (Å²) in [5, 5.41) is 5.29. The zero-order valence-electron chi connectivity index (χ0n) is 8.67. The fraction of sp³-hybridized carbons (Fsp3) is 0.300. The van der Waals surface area contributed by atoms with Crippen LogP contribution in [0.5, 0.6) is 0 Å². The number of alkyl halides is 2. The fourth-order valence-electron chi connectivity index (χ4n) is 1.12. The van der Waals surface area contributed by atoms with Crippen molar-refractivity contribution in [1.29, 1.82) is 0 Å². The first kappa shape index (κ1) is 12.9. The van der Waals surface area contributed by atoms with Crippen molar-refractivity contribution in [3.8, 4) is 0 Å². The summed E-state index contributed by atoms with van der Waals surface area (Å²) in [5.74, 6) is -2.66. The summed E-state index contributed by atoms with van der Waals surface area (Å²) in [6.45, 7) is 0.187. The topological polar surface area (TPSA) is 41.1 Å². The quantitative estimate of drug-likeness (QED) is 0.782. The lowest BCUT2D eigenvalue weighted by Crippen LogP contribution is -2.24. The Morgan fingerprint density at radius 3 is 2.88 bits per heavy atom. The number of thioether (sulfide) groups is 1. The van der Waals surface area contributed by atoms with Crippen molar-refractivity contribution in [1.82, 2.24) is 5.32 Å². The molecule has 0 spiro atoms. The number of amides is 1. The van der Waals surface area contributed by atoms with E-state index in [1.54, 1.807) is 25.2 Å². The first-order valence-corrected chi connectivity index (χ1v) is 5.49. The van der Waals surface area contributed by atoms with E-state index in [1.807, 2.05) is 0 Å². The summed E-state index contributed by atoms with van der Waals surface area (Å²) in [4.78, 5) is 11.6. The highest BCUT2D eigenvalue weighted by Crippen LogP contribution is 2.26. The van der Waals surface area contributed by atoms with Crippen LogP contribution in [0.3, 0.4) is 0 Å². The number of hydrogen-bond acceptors (Lipinski definition) is 3. The predicted molar refractivity (Wildman–Crippen MR) is 60.9 cm³/mol. The van der Waals surface area contributed by atoms with Crippen LogP contribution in [0.1, 0.15) is 0 Å². The largest absolute Gasteiger partial charge is 0.325 e. The molecule has 88 valence electrons. The second-order valence-corrected chi connectivity index (χ2v) is 4.05. The minimum Gasteiger partial charge on any atom is -0.325 e. The van der Waals surface area contributed by atoms with Gasteiger partial charge in [0.05, 0.1) is 6.54 Å². The summed E-state index contributed by atoms with van der Waals surface area (Å²) in [6, 6.07) is 6.37. The molecule has 1 aromatic rings. The average molecular weight is 246 g/mol. The fourth-order valence-corrected chi connectivity index (χ4v) is 1.67. The van der Waals surface area contributed by atoms with Crippen LogP contribution in [-0.4, -0.2) is 25.3 Å². The van der Waals surface area contributed by atoms with Gasteiger partial charge in [-0.1, -0.05) is 17.8 Å². The predicted octanol–water partition coefficient (Wildman–Crippen LogP) is 2.16. The first-order chi connectivity index (χ1) is 7.61. The van der Waals surface area contributed by atoms with Gasteiger partial charge in [0, 0.05) is 10.6 Å². The maximum atomic E-state index is 12.1. The molecule has 0 aliphatic rings. The van der Waals surface area contributed by atoms with Gasteiger partial charge in [0.1, 0.15) is 0 Å². The van der Waals surface area contributed by atoms with E-state index in [0.717, 1.165) is 0 Å². The van der Waals surface area contributed by atoms with Crippen molar-refractivity contribution in [3.05, 3.63) is 24.3 Å². The molecule has 0 aliphatic carbocycles. The van der Waals surface area contributed by atoms with Crippen LogP contribution in [-0.2, 0) is 4.79 Å². The summed E-state index contributed by atoms with van der Waals surface area (Å²) in [6.07, 6.45) is 0.